The van der Waals surface area contributed by atoms with Crippen LogP contribution in [0.4, 0.5) is 4.39 Å². The van der Waals surface area contributed by atoms with Crippen LogP contribution >= 0.6 is 0 Å². The van der Waals surface area contributed by atoms with Crippen molar-refractivity contribution in [2.75, 3.05) is 6.54 Å². The zero-order valence-corrected chi connectivity index (χ0v) is 16.8. The van der Waals surface area contributed by atoms with Gasteiger partial charge in [0.25, 0.3) is 0 Å². The number of carbonyl (C=O) groups excluding carboxylic acids is 2. The molecule has 5 heteroatoms. The third kappa shape index (κ3) is 6.19. The van der Waals surface area contributed by atoms with Gasteiger partial charge in [0.2, 0.25) is 11.8 Å². The molecule has 0 radical (unpaired) electrons. The molecule has 0 saturated heterocycles. The maximum atomic E-state index is 14.0. The van der Waals surface area contributed by atoms with Crippen LogP contribution in [-0.2, 0) is 22.4 Å². The van der Waals surface area contributed by atoms with E-state index in [9.17, 15) is 14.0 Å². The number of nitrogens with one attached hydrogen (secondary N) is 1. The predicted molar refractivity (Wildman–Crippen MR) is 109 cm³/mol. The lowest BCUT2D eigenvalue weighted by Crippen LogP contribution is -2.51. The molecule has 1 N–H and O–H groups in total. The molecule has 0 unspecified atom stereocenters. The number of hydrogen-bond donors (Lipinski definition) is 1. The Bertz CT molecular complexity index is 779. The van der Waals surface area contributed by atoms with Gasteiger partial charge in [0, 0.05) is 12.6 Å². The maximum absolute atomic E-state index is 14.0. The van der Waals surface area contributed by atoms with Gasteiger partial charge in [-0.2, -0.15) is 0 Å². The first kappa shape index (κ1) is 21.6. The fraction of sp³-hybridized carbons (Fsp3) is 0.391. The van der Waals surface area contributed by atoms with Crippen LogP contribution in [0.2, 0.25) is 0 Å². The lowest BCUT2D eigenvalue weighted by Gasteiger charge is -2.29. The zero-order chi connectivity index (χ0) is 20.5. The van der Waals surface area contributed by atoms with Gasteiger partial charge in [0.15, 0.2) is 0 Å². The molecule has 2 rings (SSSR count). The quantitative estimate of drug-likeness (QED) is 0.716. The Hall–Kier alpha value is -2.69. The van der Waals surface area contributed by atoms with Crippen LogP contribution in [0.25, 0.3) is 0 Å². The summed E-state index contributed by atoms with van der Waals surface area (Å²) in [5.41, 5.74) is 1.42. The smallest absolute Gasteiger partial charge is 0.242 e. The van der Waals surface area contributed by atoms with Crippen molar-refractivity contribution in [3.8, 4) is 0 Å². The van der Waals surface area contributed by atoms with E-state index >= 15 is 0 Å². The standard InChI is InChI=1S/C23H29FN2O2/c1-4-17(2)25-23(28)18(3)26(15-14-19-10-6-5-7-11-19)22(27)16-20-12-8-9-13-21(20)24/h5-13,17-18H,4,14-16H2,1-3H3,(H,25,28)/t17-,18-/m0/s1. The van der Waals surface area contributed by atoms with Crippen LogP contribution in [0.3, 0.4) is 0 Å². The van der Waals surface area contributed by atoms with E-state index in [0.717, 1.165) is 12.0 Å². The second kappa shape index (κ2) is 10.6. The first-order valence-electron chi connectivity index (χ1n) is 9.79. The van der Waals surface area contributed by atoms with E-state index in [-0.39, 0.29) is 24.3 Å². The minimum Gasteiger partial charge on any atom is -0.352 e. The summed E-state index contributed by atoms with van der Waals surface area (Å²) in [6.45, 7) is 6.04. The van der Waals surface area contributed by atoms with Gasteiger partial charge < -0.3 is 10.2 Å². The molecule has 0 aliphatic carbocycles. The fourth-order valence-electron chi connectivity index (χ4n) is 2.94. The van der Waals surface area contributed by atoms with Crippen molar-refractivity contribution in [1.29, 1.82) is 0 Å². The highest BCUT2D eigenvalue weighted by atomic mass is 19.1. The molecule has 2 amide bonds. The summed E-state index contributed by atoms with van der Waals surface area (Å²) >= 11 is 0. The third-order valence-corrected chi connectivity index (χ3v) is 4.95. The third-order valence-electron chi connectivity index (χ3n) is 4.95. The van der Waals surface area contributed by atoms with E-state index in [2.05, 4.69) is 5.32 Å². The molecule has 0 spiro atoms. The van der Waals surface area contributed by atoms with Crippen LogP contribution in [0.1, 0.15) is 38.3 Å². The Morgan fingerprint density at radius 3 is 2.32 bits per heavy atom. The Balaban J connectivity index is 2.15. The van der Waals surface area contributed by atoms with Gasteiger partial charge in [-0.05, 0) is 43.9 Å². The summed E-state index contributed by atoms with van der Waals surface area (Å²) in [7, 11) is 0. The Kier molecular flexibility index (Phi) is 8.18. The van der Waals surface area contributed by atoms with Gasteiger partial charge in [-0.25, -0.2) is 4.39 Å². The van der Waals surface area contributed by atoms with Gasteiger partial charge in [-0.3, -0.25) is 9.59 Å². The average Bonchev–Trinajstić information content (AvgIpc) is 2.70. The van der Waals surface area contributed by atoms with Gasteiger partial charge in [-0.15, -0.1) is 0 Å². The van der Waals surface area contributed by atoms with Crippen molar-refractivity contribution in [2.24, 2.45) is 0 Å². The number of benzene rings is 2. The van der Waals surface area contributed by atoms with E-state index in [1.807, 2.05) is 44.2 Å². The second-order valence-electron chi connectivity index (χ2n) is 7.08. The van der Waals surface area contributed by atoms with Crippen LogP contribution in [0.15, 0.2) is 54.6 Å². The van der Waals surface area contributed by atoms with Crippen molar-refractivity contribution >= 4 is 11.8 Å². The number of carbonyl (C=O) groups is 2. The highest BCUT2D eigenvalue weighted by Gasteiger charge is 2.26. The molecule has 0 fully saturated rings. The average molecular weight is 384 g/mol. The first-order chi connectivity index (χ1) is 13.4. The molecule has 4 nitrogen and oxygen atoms in total. The summed E-state index contributed by atoms with van der Waals surface area (Å²) in [4.78, 5) is 27.1. The molecule has 150 valence electrons. The molecule has 0 bridgehead atoms. The van der Waals surface area contributed by atoms with Crippen molar-refractivity contribution < 1.29 is 14.0 Å². The Morgan fingerprint density at radius 2 is 1.68 bits per heavy atom. The minimum absolute atomic E-state index is 0.0348. The number of halogens is 1. The lowest BCUT2D eigenvalue weighted by molar-refractivity contribution is -0.139. The molecule has 2 aromatic carbocycles. The molecular weight excluding hydrogens is 355 g/mol. The fourth-order valence-corrected chi connectivity index (χ4v) is 2.94. The summed E-state index contributed by atoms with van der Waals surface area (Å²) in [5, 5.41) is 2.93. The number of rotatable bonds is 9. The topological polar surface area (TPSA) is 49.4 Å². The molecule has 2 aromatic rings. The van der Waals surface area contributed by atoms with Crippen molar-refractivity contribution in [1.82, 2.24) is 10.2 Å². The highest BCUT2D eigenvalue weighted by Crippen LogP contribution is 2.12. The van der Waals surface area contributed by atoms with Crippen LogP contribution in [0.5, 0.6) is 0 Å². The summed E-state index contributed by atoms with van der Waals surface area (Å²) in [6, 6.07) is 15.5. The first-order valence-corrected chi connectivity index (χ1v) is 9.79. The van der Waals surface area contributed by atoms with Crippen LogP contribution < -0.4 is 5.32 Å². The Labute approximate surface area is 166 Å². The predicted octanol–water partition coefficient (Wildman–Crippen LogP) is 3.74. The largest absolute Gasteiger partial charge is 0.352 e. The maximum Gasteiger partial charge on any atom is 0.242 e. The molecular formula is C23H29FN2O2. The van der Waals surface area contributed by atoms with Crippen molar-refractivity contribution in [3.63, 3.8) is 0 Å². The minimum atomic E-state index is -0.628. The van der Waals surface area contributed by atoms with Crippen LogP contribution in [0, 0.1) is 5.82 Å². The van der Waals surface area contributed by atoms with Crippen molar-refractivity contribution in [2.45, 2.75) is 52.1 Å². The van der Waals surface area contributed by atoms with Gasteiger partial charge in [0.1, 0.15) is 11.9 Å². The van der Waals surface area contributed by atoms with Crippen molar-refractivity contribution in [3.05, 3.63) is 71.5 Å². The summed E-state index contributed by atoms with van der Waals surface area (Å²) < 4.78 is 14.0. The lowest BCUT2D eigenvalue weighted by atomic mass is 10.1. The van der Waals surface area contributed by atoms with E-state index in [4.69, 9.17) is 0 Å². The van der Waals surface area contributed by atoms with Gasteiger partial charge in [-0.1, -0.05) is 55.5 Å². The zero-order valence-electron chi connectivity index (χ0n) is 16.8. The molecule has 0 aliphatic rings. The van der Waals surface area contributed by atoms with E-state index in [1.165, 1.54) is 6.07 Å². The van der Waals surface area contributed by atoms with Crippen LogP contribution in [-0.4, -0.2) is 35.3 Å². The molecule has 28 heavy (non-hydrogen) atoms. The monoisotopic (exact) mass is 384 g/mol. The molecule has 2 atom stereocenters. The normalized spacial score (nSPS) is 12.9. The molecule has 0 aliphatic heterocycles. The summed E-state index contributed by atoms with van der Waals surface area (Å²) in [6.07, 6.45) is 1.37. The number of nitrogens with zero attached hydrogens (tertiary/aromatic N) is 1. The molecule has 0 heterocycles. The SMILES string of the molecule is CC[C@H](C)NC(=O)[C@H](C)N(CCc1ccccc1)C(=O)Cc1ccccc1F. The second-order valence-corrected chi connectivity index (χ2v) is 7.08. The number of amides is 2. The van der Waals surface area contributed by atoms with E-state index in [1.54, 1.807) is 30.0 Å². The number of hydrogen-bond acceptors (Lipinski definition) is 2. The Morgan fingerprint density at radius 1 is 1.04 bits per heavy atom. The summed E-state index contributed by atoms with van der Waals surface area (Å²) in [5.74, 6) is -0.854. The molecule has 0 aromatic heterocycles. The highest BCUT2D eigenvalue weighted by molar-refractivity contribution is 5.88. The van der Waals surface area contributed by atoms with Gasteiger partial charge in [0.05, 0.1) is 6.42 Å². The van der Waals surface area contributed by atoms with E-state index in [0.29, 0.717) is 18.5 Å². The van der Waals surface area contributed by atoms with Gasteiger partial charge >= 0.3 is 0 Å². The molecule has 0 saturated carbocycles. The van der Waals surface area contributed by atoms with E-state index < -0.39 is 11.9 Å².